The van der Waals surface area contributed by atoms with Gasteiger partial charge in [-0.2, -0.15) is 0 Å². The van der Waals surface area contributed by atoms with E-state index in [1.54, 1.807) is 6.92 Å². The number of β-amino-alcohol motifs (C(OH)–C–C–N with tert-alkyl or cyclic N) is 1. The molecule has 1 fully saturated rings. The van der Waals surface area contributed by atoms with E-state index in [2.05, 4.69) is 24.1 Å². The second-order valence-corrected chi connectivity index (χ2v) is 4.97. The molecular weight excluding hydrogens is 204 g/mol. The third-order valence-corrected chi connectivity index (χ3v) is 3.03. The molecule has 1 heterocycles. The van der Waals surface area contributed by atoms with Gasteiger partial charge < -0.3 is 10.4 Å². The molecule has 0 aromatic carbocycles. The molecule has 0 amide bonds. The van der Waals surface area contributed by atoms with Crippen LogP contribution in [-0.4, -0.2) is 53.6 Å². The minimum absolute atomic E-state index is 0.0611. The Hall–Kier alpha value is -0.450. The van der Waals surface area contributed by atoms with Crippen LogP contribution in [0.25, 0.3) is 0 Å². The smallest absolute Gasteiger partial charge is 0.146 e. The molecule has 4 heteroatoms. The molecule has 1 saturated heterocycles. The molecule has 0 bridgehead atoms. The van der Waals surface area contributed by atoms with E-state index in [-0.39, 0.29) is 17.9 Å². The highest BCUT2D eigenvalue weighted by Gasteiger charge is 2.33. The lowest BCUT2D eigenvalue weighted by Crippen LogP contribution is -2.37. The van der Waals surface area contributed by atoms with Crippen molar-refractivity contribution >= 4 is 5.78 Å². The number of aliphatic hydroxyl groups excluding tert-OH is 1. The van der Waals surface area contributed by atoms with Crippen molar-refractivity contribution in [2.75, 3.05) is 19.6 Å². The molecule has 94 valence electrons. The Balaban J connectivity index is 2.27. The lowest BCUT2D eigenvalue weighted by atomic mass is 10.1. The summed E-state index contributed by atoms with van der Waals surface area (Å²) in [5.74, 6) is 0.174. The lowest BCUT2D eigenvalue weighted by molar-refractivity contribution is -0.121. The summed E-state index contributed by atoms with van der Waals surface area (Å²) in [5.41, 5.74) is 0. The summed E-state index contributed by atoms with van der Waals surface area (Å²) in [6, 6.07) is 0.446. The number of carbonyl (C=O) groups excluding carboxylic acids is 1. The van der Waals surface area contributed by atoms with Gasteiger partial charge in [0.2, 0.25) is 0 Å². The highest BCUT2D eigenvalue weighted by atomic mass is 16.3. The van der Waals surface area contributed by atoms with E-state index in [4.69, 9.17) is 0 Å². The van der Waals surface area contributed by atoms with Crippen molar-refractivity contribution in [3.05, 3.63) is 0 Å². The number of hydrogen-bond donors (Lipinski definition) is 2. The largest absolute Gasteiger partial charge is 0.392 e. The average Bonchev–Trinajstić information content (AvgIpc) is 2.54. The van der Waals surface area contributed by atoms with Crippen molar-refractivity contribution in [1.82, 2.24) is 10.2 Å². The van der Waals surface area contributed by atoms with Gasteiger partial charge in [-0.15, -0.1) is 0 Å². The van der Waals surface area contributed by atoms with Gasteiger partial charge in [-0.25, -0.2) is 0 Å². The molecule has 1 rings (SSSR count). The van der Waals surface area contributed by atoms with Crippen LogP contribution in [0, 0.1) is 0 Å². The number of hydrogen-bond acceptors (Lipinski definition) is 4. The summed E-state index contributed by atoms with van der Waals surface area (Å²) in [7, 11) is 0. The van der Waals surface area contributed by atoms with Crippen LogP contribution < -0.4 is 5.32 Å². The van der Waals surface area contributed by atoms with Gasteiger partial charge in [0, 0.05) is 19.1 Å². The van der Waals surface area contributed by atoms with E-state index < -0.39 is 0 Å². The number of likely N-dealkylation sites (tertiary alicyclic amines) is 1. The first kappa shape index (κ1) is 13.6. The van der Waals surface area contributed by atoms with Gasteiger partial charge in [-0.3, -0.25) is 9.69 Å². The quantitative estimate of drug-likeness (QED) is 0.646. The topological polar surface area (TPSA) is 52.6 Å². The Bertz CT molecular complexity index is 231. The van der Waals surface area contributed by atoms with Crippen LogP contribution in [0.3, 0.4) is 0 Å². The van der Waals surface area contributed by atoms with Crippen molar-refractivity contribution in [1.29, 1.82) is 0 Å². The molecule has 2 atom stereocenters. The predicted molar refractivity (Wildman–Crippen MR) is 64.4 cm³/mol. The highest BCUT2D eigenvalue weighted by molar-refractivity contribution is 5.81. The van der Waals surface area contributed by atoms with Gasteiger partial charge in [0.1, 0.15) is 5.78 Å². The van der Waals surface area contributed by atoms with Crippen LogP contribution in [0.4, 0.5) is 0 Å². The minimum Gasteiger partial charge on any atom is -0.392 e. The Morgan fingerprint density at radius 1 is 1.56 bits per heavy atom. The van der Waals surface area contributed by atoms with Gasteiger partial charge in [0.15, 0.2) is 0 Å². The molecule has 0 aliphatic carbocycles. The number of ketones is 1. The fraction of sp³-hybridized carbons (Fsp3) is 0.917. The first-order chi connectivity index (χ1) is 7.50. The van der Waals surface area contributed by atoms with Gasteiger partial charge in [0.25, 0.3) is 0 Å². The third-order valence-electron chi connectivity index (χ3n) is 3.03. The number of rotatable bonds is 6. The second-order valence-electron chi connectivity index (χ2n) is 4.97. The van der Waals surface area contributed by atoms with Crippen LogP contribution in [0.15, 0.2) is 0 Å². The predicted octanol–water partition coefficient (Wildman–Crippen LogP) is 0.399. The molecule has 2 N–H and O–H groups in total. The molecule has 4 nitrogen and oxygen atoms in total. The maximum Gasteiger partial charge on any atom is 0.146 e. The lowest BCUT2D eigenvalue weighted by Gasteiger charge is -2.22. The van der Waals surface area contributed by atoms with Crippen LogP contribution in [0.2, 0.25) is 0 Å². The average molecular weight is 228 g/mol. The summed E-state index contributed by atoms with van der Waals surface area (Å²) < 4.78 is 0. The number of nitrogens with one attached hydrogen (secondary N) is 1. The normalized spacial score (nSPS) is 26.6. The monoisotopic (exact) mass is 228 g/mol. The zero-order chi connectivity index (χ0) is 12.1. The number of Topliss-reactive ketones (excluding diaryl/α,β-unsaturated/α-hetero) is 1. The van der Waals surface area contributed by atoms with E-state index in [1.165, 1.54) is 0 Å². The van der Waals surface area contributed by atoms with E-state index in [0.29, 0.717) is 19.0 Å². The number of nitrogens with zero attached hydrogens (tertiary/aromatic N) is 1. The first-order valence-electron chi connectivity index (χ1n) is 6.16. The zero-order valence-electron chi connectivity index (χ0n) is 10.6. The van der Waals surface area contributed by atoms with Crippen molar-refractivity contribution in [2.45, 2.75) is 51.8 Å². The maximum atomic E-state index is 11.4. The van der Waals surface area contributed by atoms with Gasteiger partial charge in [0.05, 0.1) is 12.1 Å². The number of carbonyl (C=O) groups is 1. The van der Waals surface area contributed by atoms with Gasteiger partial charge >= 0.3 is 0 Å². The summed E-state index contributed by atoms with van der Waals surface area (Å²) in [5, 5.41) is 12.9. The fourth-order valence-corrected chi connectivity index (χ4v) is 2.22. The number of aliphatic hydroxyl groups is 1. The summed E-state index contributed by atoms with van der Waals surface area (Å²) in [6.07, 6.45) is 1.30. The third kappa shape index (κ3) is 4.20. The van der Waals surface area contributed by atoms with Crippen molar-refractivity contribution < 1.29 is 9.90 Å². The Morgan fingerprint density at radius 2 is 2.25 bits per heavy atom. The van der Waals surface area contributed by atoms with E-state index >= 15 is 0 Å². The van der Waals surface area contributed by atoms with Gasteiger partial charge in [-0.1, -0.05) is 13.8 Å². The molecule has 1 aliphatic rings. The Labute approximate surface area is 98.0 Å². The van der Waals surface area contributed by atoms with Crippen molar-refractivity contribution in [3.8, 4) is 0 Å². The Kier molecular flexibility index (Phi) is 5.38. The minimum atomic E-state index is -0.327. The van der Waals surface area contributed by atoms with Gasteiger partial charge in [-0.05, 0) is 26.3 Å². The summed E-state index contributed by atoms with van der Waals surface area (Å²) in [4.78, 5) is 13.5. The Morgan fingerprint density at radius 3 is 2.81 bits per heavy atom. The molecule has 0 saturated carbocycles. The fourth-order valence-electron chi connectivity index (χ4n) is 2.22. The molecule has 2 unspecified atom stereocenters. The van der Waals surface area contributed by atoms with Crippen molar-refractivity contribution in [3.63, 3.8) is 0 Å². The standard InChI is InChI=1S/C12H24N2O2/c1-9(2)13-5-4-6-14-8-11(16)7-12(14)10(3)15/h9,11-13,16H,4-8H2,1-3H3. The van der Waals surface area contributed by atoms with E-state index in [9.17, 15) is 9.90 Å². The highest BCUT2D eigenvalue weighted by Crippen LogP contribution is 2.18. The summed E-state index contributed by atoms with van der Waals surface area (Å²) >= 11 is 0. The van der Waals surface area contributed by atoms with Crippen LogP contribution >= 0.6 is 0 Å². The zero-order valence-corrected chi connectivity index (χ0v) is 10.6. The van der Waals surface area contributed by atoms with E-state index in [1.807, 2.05) is 0 Å². The maximum absolute atomic E-state index is 11.4. The van der Waals surface area contributed by atoms with Crippen LogP contribution in [-0.2, 0) is 4.79 Å². The van der Waals surface area contributed by atoms with Crippen molar-refractivity contribution in [2.24, 2.45) is 0 Å². The summed E-state index contributed by atoms with van der Waals surface area (Å²) in [6.45, 7) is 8.36. The van der Waals surface area contributed by atoms with E-state index in [0.717, 1.165) is 19.5 Å². The second kappa shape index (κ2) is 6.33. The molecule has 1 aliphatic heterocycles. The first-order valence-corrected chi connectivity index (χ1v) is 6.16. The van der Waals surface area contributed by atoms with Crippen LogP contribution in [0.5, 0.6) is 0 Å². The van der Waals surface area contributed by atoms with Crippen LogP contribution in [0.1, 0.15) is 33.6 Å². The molecule has 0 radical (unpaired) electrons. The SMILES string of the molecule is CC(=O)C1CC(O)CN1CCCNC(C)C. The molecule has 16 heavy (non-hydrogen) atoms. The molecule has 0 aromatic rings. The molecule has 0 spiro atoms. The molecule has 0 aromatic heterocycles. The molecular formula is C12H24N2O2.